The van der Waals surface area contributed by atoms with E-state index in [9.17, 15) is 9.59 Å². The summed E-state index contributed by atoms with van der Waals surface area (Å²) in [6, 6.07) is 14.5. The van der Waals surface area contributed by atoms with Crippen LogP contribution in [0.5, 0.6) is 11.5 Å². The van der Waals surface area contributed by atoms with Gasteiger partial charge in [0.2, 0.25) is 24.4 Å². The molecule has 0 spiro atoms. The van der Waals surface area contributed by atoms with Crippen LogP contribution in [0, 0.1) is 0 Å². The van der Waals surface area contributed by atoms with Crippen molar-refractivity contribution in [3.63, 3.8) is 0 Å². The number of amides is 3. The fourth-order valence-electron chi connectivity index (χ4n) is 3.46. The Morgan fingerprint density at radius 2 is 1.90 bits per heavy atom. The smallest absolute Gasteiger partial charge is 0.325 e. The van der Waals surface area contributed by atoms with Crippen molar-refractivity contribution in [1.29, 1.82) is 0 Å². The summed E-state index contributed by atoms with van der Waals surface area (Å²) >= 11 is 0. The van der Waals surface area contributed by atoms with E-state index in [0.717, 1.165) is 5.56 Å². The number of hydrogen-bond donors (Lipinski definition) is 1. The van der Waals surface area contributed by atoms with E-state index in [1.54, 1.807) is 23.1 Å². The van der Waals surface area contributed by atoms with Crippen LogP contribution in [0.25, 0.3) is 11.4 Å². The predicted molar refractivity (Wildman–Crippen MR) is 108 cm³/mol. The molecule has 0 aliphatic carbocycles. The molecular formula is C21H19N5O5. The predicted octanol–water partition coefficient (Wildman–Crippen LogP) is 2.02. The zero-order chi connectivity index (χ0) is 21.2. The molecule has 1 aromatic heterocycles. The quantitative estimate of drug-likeness (QED) is 0.648. The SMILES string of the molecule is O=C(CN1CCN(c2ccc3c(c2)OCO3)C1=O)NCc1nc(-c2ccccc2)no1. The van der Waals surface area contributed by atoms with Gasteiger partial charge in [0.15, 0.2) is 11.5 Å². The number of hydrogen-bond acceptors (Lipinski definition) is 7. The van der Waals surface area contributed by atoms with Crippen LogP contribution >= 0.6 is 0 Å². The Kier molecular flexibility index (Phi) is 4.87. The Balaban J connectivity index is 1.15. The maximum atomic E-state index is 12.7. The van der Waals surface area contributed by atoms with Gasteiger partial charge in [0.05, 0.1) is 6.54 Å². The fraction of sp³-hybridized carbons (Fsp3) is 0.238. The average Bonchev–Trinajstić information content (AvgIpc) is 3.53. The number of anilines is 1. The third kappa shape index (κ3) is 3.87. The summed E-state index contributed by atoms with van der Waals surface area (Å²) in [6.45, 7) is 1.13. The first kappa shape index (κ1) is 18.9. The minimum atomic E-state index is -0.305. The first-order valence-corrected chi connectivity index (χ1v) is 9.78. The van der Waals surface area contributed by atoms with Crippen LogP contribution in [0.4, 0.5) is 10.5 Å². The molecular weight excluding hydrogens is 402 g/mol. The maximum Gasteiger partial charge on any atom is 0.325 e. The molecule has 3 aromatic rings. The van der Waals surface area contributed by atoms with Crippen molar-refractivity contribution in [2.45, 2.75) is 6.54 Å². The van der Waals surface area contributed by atoms with Crippen LogP contribution in [0.3, 0.4) is 0 Å². The van der Waals surface area contributed by atoms with Crippen molar-refractivity contribution < 1.29 is 23.6 Å². The van der Waals surface area contributed by atoms with Gasteiger partial charge in [-0.2, -0.15) is 4.98 Å². The van der Waals surface area contributed by atoms with Crippen LogP contribution in [0.15, 0.2) is 53.1 Å². The van der Waals surface area contributed by atoms with Crippen molar-refractivity contribution in [1.82, 2.24) is 20.4 Å². The largest absolute Gasteiger partial charge is 0.454 e. The van der Waals surface area contributed by atoms with Crippen molar-refractivity contribution in [3.8, 4) is 22.9 Å². The lowest BCUT2D eigenvalue weighted by atomic mass is 10.2. The zero-order valence-electron chi connectivity index (χ0n) is 16.5. The van der Waals surface area contributed by atoms with Crippen LogP contribution < -0.4 is 19.7 Å². The van der Waals surface area contributed by atoms with E-state index in [0.29, 0.717) is 42.0 Å². The summed E-state index contributed by atoms with van der Waals surface area (Å²) in [6.07, 6.45) is 0. The molecule has 158 valence electrons. The number of urea groups is 1. The monoisotopic (exact) mass is 421 g/mol. The summed E-state index contributed by atoms with van der Waals surface area (Å²) in [5.41, 5.74) is 1.53. The van der Waals surface area contributed by atoms with E-state index in [1.165, 1.54) is 4.90 Å². The maximum absolute atomic E-state index is 12.7. The molecule has 0 saturated carbocycles. The van der Waals surface area contributed by atoms with Gasteiger partial charge in [-0.25, -0.2) is 4.79 Å². The van der Waals surface area contributed by atoms with Crippen molar-refractivity contribution in [2.75, 3.05) is 31.3 Å². The van der Waals surface area contributed by atoms with Gasteiger partial charge in [0.1, 0.15) is 6.54 Å². The number of aromatic nitrogens is 2. The molecule has 3 heterocycles. The third-order valence-corrected chi connectivity index (χ3v) is 5.03. The number of rotatable bonds is 6. The highest BCUT2D eigenvalue weighted by Gasteiger charge is 2.31. The first-order valence-electron chi connectivity index (χ1n) is 9.78. The number of nitrogens with zero attached hydrogens (tertiary/aromatic N) is 4. The van der Waals surface area contributed by atoms with Crippen molar-refractivity contribution in [2.24, 2.45) is 0 Å². The van der Waals surface area contributed by atoms with E-state index in [2.05, 4.69) is 15.5 Å². The number of nitrogens with one attached hydrogen (secondary N) is 1. The van der Waals surface area contributed by atoms with Crippen molar-refractivity contribution in [3.05, 3.63) is 54.4 Å². The highest BCUT2D eigenvalue weighted by molar-refractivity contribution is 5.96. The number of benzene rings is 2. The molecule has 3 amide bonds. The molecule has 1 fully saturated rings. The van der Waals surface area contributed by atoms with E-state index < -0.39 is 0 Å². The minimum Gasteiger partial charge on any atom is -0.454 e. The first-order chi connectivity index (χ1) is 15.2. The van der Waals surface area contributed by atoms with E-state index in [1.807, 2.05) is 30.3 Å². The molecule has 0 atom stereocenters. The lowest BCUT2D eigenvalue weighted by Gasteiger charge is -2.18. The van der Waals surface area contributed by atoms with Gasteiger partial charge in [0, 0.05) is 30.4 Å². The Labute approximate surface area is 177 Å². The molecule has 0 unspecified atom stereocenters. The van der Waals surface area contributed by atoms with Gasteiger partial charge in [0.25, 0.3) is 0 Å². The molecule has 2 aliphatic heterocycles. The highest BCUT2D eigenvalue weighted by Crippen LogP contribution is 2.36. The normalized spacial score (nSPS) is 14.9. The standard InChI is InChI=1S/C21H19N5O5/c27-18(22-11-19-23-20(24-31-19)14-4-2-1-3-5-14)12-25-8-9-26(21(25)28)15-6-7-16-17(10-15)30-13-29-16/h1-7,10H,8-9,11-13H2,(H,22,27). The molecule has 5 rings (SSSR count). The Bertz CT molecular complexity index is 1120. The second kappa shape index (κ2) is 7.98. The van der Waals surface area contributed by atoms with Gasteiger partial charge in [-0.05, 0) is 12.1 Å². The summed E-state index contributed by atoms with van der Waals surface area (Å²) < 4.78 is 15.9. The lowest BCUT2D eigenvalue weighted by molar-refractivity contribution is -0.121. The second-order valence-corrected chi connectivity index (χ2v) is 7.05. The highest BCUT2D eigenvalue weighted by atomic mass is 16.7. The lowest BCUT2D eigenvalue weighted by Crippen LogP contribution is -2.39. The summed E-state index contributed by atoms with van der Waals surface area (Å²) in [5, 5.41) is 6.64. The molecule has 2 aromatic carbocycles. The van der Waals surface area contributed by atoms with Gasteiger partial charge >= 0.3 is 6.03 Å². The Morgan fingerprint density at radius 1 is 1.06 bits per heavy atom. The van der Waals surface area contributed by atoms with Gasteiger partial charge in [-0.15, -0.1) is 0 Å². The molecule has 0 bridgehead atoms. The van der Waals surface area contributed by atoms with Gasteiger partial charge in [-0.1, -0.05) is 35.5 Å². The number of ether oxygens (including phenoxy) is 2. The molecule has 1 N–H and O–H groups in total. The van der Waals surface area contributed by atoms with Crippen LogP contribution in [-0.2, 0) is 11.3 Å². The summed E-state index contributed by atoms with van der Waals surface area (Å²) in [5.74, 6) is 1.71. The fourth-order valence-corrected chi connectivity index (χ4v) is 3.46. The van der Waals surface area contributed by atoms with Gasteiger partial charge < -0.3 is 24.2 Å². The molecule has 10 heteroatoms. The van der Waals surface area contributed by atoms with Gasteiger partial charge in [-0.3, -0.25) is 9.69 Å². The Hall–Kier alpha value is -4.08. The number of fused-ring (bicyclic) bond motifs is 1. The number of carbonyl (C=O) groups excluding carboxylic acids is 2. The summed E-state index contributed by atoms with van der Waals surface area (Å²) in [4.78, 5) is 32.5. The van der Waals surface area contributed by atoms with Crippen LogP contribution in [0.1, 0.15) is 5.89 Å². The second-order valence-electron chi connectivity index (χ2n) is 7.05. The average molecular weight is 421 g/mol. The van der Waals surface area contributed by atoms with E-state index in [4.69, 9.17) is 14.0 Å². The molecule has 2 aliphatic rings. The Morgan fingerprint density at radius 3 is 2.77 bits per heavy atom. The summed E-state index contributed by atoms with van der Waals surface area (Å²) in [7, 11) is 0. The topological polar surface area (TPSA) is 110 Å². The molecule has 31 heavy (non-hydrogen) atoms. The zero-order valence-corrected chi connectivity index (χ0v) is 16.5. The van der Waals surface area contributed by atoms with Crippen LogP contribution in [-0.4, -0.2) is 53.4 Å². The molecule has 0 radical (unpaired) electrons. The molecule has 1 saturated heterocycles. The third-order valence-electron chi connectivity index (χ3n) is 5.03. The molecule has 10 nitrogen and oxygen atoms in total. The number of carbonyl (C=O) groups is 2. The van der Waals surface area contributed by atoms with Crippen molar-refractivity contribution >= 4 is 17.6 Å². The minimum absolute atomic E-state index is 0.0560. The van der Waals surface area contributed by atoms with E-state index in [-0.39, 0.29) is 31.8 Å². The van der Waals surface area contributed by atoms with Crippen LogP contribution in [0.2, 0.25) is 0 Å². The van der Waals surface area contributed by atoms with E-state index >= 15 is 0 Å².